The van der Waals surface area contributed by atoms with Gasteiger partial charge in [-0.25, -0.2) is 0 Å². The van der Waals surface area contributed by atoms with Crippen molar-refractivity contribution in [2.75, 3.05) is 25.6 Å². The van der Waals surface area contributed by atoms with Crippen LogP contribution in [0.2, 0.25) is 0 Å². The van der Waals surface area contributed by atoms with Gasteiger partial charge in [-0.2, -0.15) is 0 Å². The number of nitro groups is 1. The number of anilines is 1. The summed E-state index contributed by atoms with van der Waals surface area (Å²) in [5.41, 5.74) is 1.93. The molecule has 2 aromatic carbocycles. The van der Waals surface area contributed by atoms with Crippen molar-refractivity contribution in [1.29, 1.82) is 0 Å². The van der Waals surface area contributed by atoms with Gasteiger partial charge >= 0.3 is 0 Å². The molecule has 9 nitrogen and oxygen atoms in total. The number of nitrogens with zero attached hydrogens (tertiary/aromatic N) is 2. The second-order valence-electron chi connectivity index (χ2n) is 7.28. The Morgan fingerprint density at radius 3 is 2.70 bits per heavy atom. The highest BCUT2D eigenvalue weighted by molar-refractivity contribution is 5.95. The van der Waals surface area contributed by atoms with Crippen LogP contribution in [-0.2, 0) is 11.3 Å². The third-order valence-corrected chi connectivity index (χ3v) is 4.87. The molecule has 0 radical (unpaired) electrons. The summed E-state index contributed by atoms with van der Waals surface area (Å²) in [5.74, 6) is 0.264. The van der Waals surface area contributed by atoms with Crippen molar-refractivity contribution in [3.63, 3.8) is 0 Å². The lowest BCUT2D eigenvalue weighted by Gasteiger charge is -2.15. The van der Waals surface area contributed by atoms with E-state index in [4.69, 9.17) is 9.47 Å². The minimum atomic E-state index is -0.509. The Morgan fingerprint density at radius 1 is 1.12 bits per heavy atom. The van der Waals surface area contributed by atoms with Gasteiger partial charge in [0.2, 0.25) is 0 Å². The molecule has 0 fully saturated rings. The number of amides is 1. The summed E-state index contributed by atoms with van der Waals surface area (Å²) in [4.78, 5) is 28.0. The van der Waals surface area contributed by atoms with E-state index in [1.807, 2.05) is 43.3 Å². The van der Waals surface area contributed by atoms with Crippen LogP contribution in [0, 0.1) is 10.1 Å². The van der Waals surface area contributed by atoms with Crippen LogP contribution >= 0.6 is 0 Å². The maximum atomic E-state index is 12.6. The third kappa shape index (κ3) is 6.75. The van der Waals surface area contributed by atoms with E-state index in [1.165, 1.54) is 12.1 Å². The smallest absolute Gasteiger partial charge is 0.293 e. The lowest BCUT2D eigenvalue weighted by atomic mass is 10.1. The lowest BCUT2D eigenvalue weighted by Crippen LogP contribution is -2.23. The maximum Gasteiger partial charge on any atom is 0.293 e. The predicted molar refractivity (Wildman–Crippen MR) is 124 cm³/mol. The SMILES string of the molecule is COCCOc1cccc(CNC(=O)c2ccc(NC(C)c3ccccn3)c([N+](=O)[O-])c2)c1. The van der Waals surface area contributed by atoms with E-state index in [1.54, 1.807) is 25.4 Å². The summed E-state index contributed by atoms with van der Waals surface area (Å²) in [6.07, 6.45) is 1.66. The summed E-state index contributed by atoms with van der Waals surface area (Å²) >= 11 is 0. The Hall–Kier alpha value is -3.98. The van der Waals surface area contributed by atoms with Gasteiger partial charge < -0.3 is 20.1 Å². The van der Waals surface area contributed by atoms with Crippen LogP contribution in [0.15, 0.2) is 66.9 Å². The van der Waals surface area contributed by atoms with Crippen molar-refractivity contribution < 1.29 is 19.2 Å². The molecule has 3 rings (SSSR count). The summed E-state index contributed by atoms with van der Waals surface area (Å²) in [6, 6.07) is 16.9. The summed E-state index contributed by atoms with van der Waals surface area (Å²) in [6.45, 7) is 3.02. The highest BCUT2D eigenvalue weighted by Gasteiger charge is 2.19. The molecule has 0 aliphatic rings. The zero-order chi connectivity index (χ0) is 23.6. The van der Waals surface area contributed by atoms with Crippen LogP contribution in [0.3, 0.4) is 0 Å². The number of hydrogen-bond acceptors (Lipinski definition) is 7. The van der Waals surface area contributed by atoms with Gasteiger partial charge in [0.05, 0.1) is 23.3 Å². The van der Waals surface area contributed by atoms with E-state index in [9.17, 15) is 14.9 Å². The number of aromatic nitrogens is 1. The van der Waals surface area contributed by atoms with E-state index in [0.29, 0.717) is 24.7 Å². The van der Waals surface area contributed by atoms with Crippen molar-refractivity contribution in [3.8, 4) is 5.75 Å². The second-order valence-corrected chi connectivity index (χ2v) is 7.28. The van der Waals surface area contributed by atoms with Gasteiger partial charge in [0.1, 0.15) is 18.0 Å². The van der Waals surface area contributed by atoms with E-state index in [0.717, 1.165) is 11.3 Å². The minimum absolute atomic E-state index is 0.182. The summed E-state index contributed by atoms with van der Waals surface area (Å²) in [5, 5.41) is 17.5. The molecule has 1 amide bonds. The van der Waals surface area contributed by atoms with Crippen LogP contribution in [0.25, 0.3) is 0 Å². The average molecular weight is 450 g/mol. The van der Waals surface area contributed by atoms with Gasteiger partial charge in [-0.05, 0) is 48.9 Å². The van der Waals surface area contributed by atoms with Crippen LogP contribution in [0.4, 0.5) is 11.4 Å². The average Bonchev–Trinajstić information content (AvgIpc) is 2.83. The number of benzene rings is 2. The van der Waals surface area contributed by atoms with Gasteiger partial charge in [0.25, 0.3) is 11.6 Å². The van der Waals surface area contributed by atoms with Gasteiger partial charge in [-0.15, -0.1) is 0 Å². The van der Waals surface area contributed by atoms with E-state index >= 15 is 0 Å². The van der Waals surface area contributed by atoms with Crippen molar-refractivity contribution in [1.82, 2.24) is 10.3 Å². The highest BCUT2D eigenvalue weighted by Crippen LogP contribution is 2.29. The van der Waals surface area contributed by atoms with Crippen LogP contribution in [0.5, 0.6) is 5.75 Å². The first-order valence-corrected chi connectivity index (χ1v) is 10.4. The number of pyridine rings is 1. The number of nitro benzene ring substituents is 1. The number of methoxy groups -OCH3 is 1. The molecule has 0 spiro atoms. The molecule has 1 aromatic heterocycles. The molecule has 0 aliphatic heterocycles. The molecule has 33 heavy (non-hydrogen) atoms. The van der Waals surface area contributed by atoms with E-state index in [2.05, 4.69) is 15.6 Å². The third-order valence-electron chi connectivity index (χ3n) is 4.87. The molecule has 2 N–H and O–H groups in total. The summed E-state index contributed by atoms with van der Waals surface area (Å²) < 4.78 is 10.5. The van der Waals surface area contributed by atoms with Crippen molar-refractivity contribution in [3.05, 3.63) is 93.8 Å². The molecule has 0 saturated heterocycles. The van der Waals surface area contributed by atoms with Gasteiger partial charge in [-0.1, -0.05) is 18.2 Å². The molecule has 1 unspecified atom stereocenters. The van der Waals surface area contributed by atoms with Gasteiger partial charge in [-0.3, -0.25) is 19.9 Å². The first-order chi connectivity index (χ1) is 16.0. The second kappa shape index (κ2) is 11.6. The maximum absolute atomic E-state index is 12.6. The van der Waals surface area contributed by atoms with E-state index in [-0.39, 0.29) is 23.8 Å². The fraction of sp³-hybridized carbons (Fsp3) is 0.250. The molecule has 0 saturated carbocycles. The molecule has 3 aromatic rings. The summed E-state index contributed by atoms with van der Waals surface area (Å²) in [7, 11) is 1.60. The number of nitrogens with one attached hydrogen (secondary N) is 2. The highest BCUT2D eigenvalue weighted by atomic mass is 16.6. The normalized spacial score (nSPS) is 11.5. The number of hydrogen-bond donors (Lipinski definition) is 2. The topological polar surface area (TPSA) is 116 Å². The molecule has 172 valence electrons. The fourth-order valence-corrected chi connectivity index (χ4v) is 3.16. The minimum Gasteiger partial charge on any atom is -0.491 e. The molecule has 1 heterocycles. The number of ether oxygens (including phenoxy) is 2. The largest absolute Gasteiger partial charge is 0.491 e. The standard InChI is InChI=1S/C24H26N4O5/c1-17(21-8-3-4-11-25-21)27-22-10-9-19(15-23(22)28(30)31)24(29)26-16-18-6-5-7-20(14-18)33-13-12-32-2/h3-11,14-15,17,27H,12-13,16H2,1-2H3,(H,26,29). The molecule has 1 atom stereocenters. The first-order valence-electron chi connectivity index (χ1n) is 10.4. The van der Waals surface area contributed by atoms with Gasteiger partial charge in [0, 0.05) is 31.5 Å². The molecule has 0 bridgehead atoms. The van der Waals surface area contributed by atoms with Crippen molar-refractivity contribution in [2.45, 2.75) is 19.5 Å². The lowest BCUT2D eigenvalue weighted by molar-refractivity contribution is -0.384. The molecule has 9 heteroatoms. The Kier molecular flexibility index (Phi) is 8.31. The van der Waals surface area contributed by atoms with Crippen LogP contribution in [0.1, 0.15) is 34.6 Å². The van der Waals surface area contributed by atoms with Crippen LogP contribution < -0.4 is 15.4 Å². The van der Waals surface area contributed by atoms with Crippen molar-refractivity contribution >= 4 is 17.3 Å². The van der Waals surface area contributed by atoms with Gasteiger partial charge in [0.15, 0.2) is 0 Å². The fourth-order valence-electron chi connectivity index (χ4n) is 3.16. The predicted octanol–water partition coefficient (Wildman–Crippen LogP) is 4.12. The van der Waals surface area contributed by atoms with E-state index < -0.39 is 10.8 Å². The van der Waals surface area contributed by atoms with Crippen LogP contribution in [-0.4, -0.2) is 36.1 Å². The Morgan fingerprint density at radius 2 is 1.97 bits per heavy atom. The zero-order valence-electron chi connectivity index (χ0n) is 18.5. The number of carbonyl (C=O) groups excluding carboxylic acids is 1. The molecular weight excluding hydrogens is 424 g/mol. The number of carbonyl (C=O) groups is 1. The molecular formula is C24H26N4O5. The molecule has 0 aliphatic carbocycles. The Bertz CT molecular complexity index is 1090. The first kappa shape index (κ1) is 23.7. The van der Waals surface area contributed by atoms with Crippen molar-refractivity contribution in [2.24, 2.45) is 0 Å². The Balaban J connectivity index is 1.67. The number of rotatable bonds is 11. The Labute approximate surface area is 191 Å². The monoisotopic (exact) mass is 450 g/mol. The quantitative estimate of drug-likeness (QED) is 0.256. The zero-order valence-corrected chi connectivity index (χ0v) is 18.5.